The summed E-state index contributed by atoms with van der Waals surface area (Å²) in [5.74, 6) is 2.35. The number of rotatable bonds is 3. The highest BCUT2D eigenvalue weighted by molar-refractivity contribution is 5.74. The van der Waals surface area contributed by atoms with Crippen LogP contribution in [0.25, 0.3) is 11.3 Å². The van der Waals surface area contributed by atoms with E-state index in [1.807, 2.05) is 4.90 Å². The van der Waals surface area contributed by atoms with Crippen molar-refractivity contribution in [2.45, 2.75) is 63.8 Å². The van der Waals surface area contributed by atoms with Crippen LogP contribution in [0.2, 0.25) is 0 Å². The number of piperidine rings is 1. The molecule has 35 heavy (non-hydrogen) atoms. The number of morpholine rings is 1. The van der Waals surface area contributed by atoms with Gasteiger partial charge in [0, 0.05) is 51.6 Å². The molecule has 1 amide bonds. The van der Waals surface area contributed by atoms with Gasteiger partial charge in [-0.2, -0.15) is 0 Å². The SMILES string of the molecule is Cc1ccc2c(c1)OC1(CCN(C(=O)OCC3CC3)CC1)c1c-2nc(C2CNCC(C)(C)O2)n1C. The Kier molecular flexibility index (Phi) is 5.38. The number of aromatic nitrogens is 2. The molecule has 1 unspecified atom stereocenters. The van der Waals surface area contributed by atoms with Gasteiger partial charge < -0.3 is 29.0 Å². The Labute approximate surface area is 206 Å². The maximum absolute atomic E-state index is 12.7. The minimum absolute atomic E-state index is 0.141. The van der Waals surface area contributed by atoms with E-state index in [0.29, 0.717) is 38.5 Å². The average Bonchev–Trinajstić information content (AvgIpc) is 3.58. The predicted molar refractivity (Wildman–Crippen MR) is 131 cm³/mol. The van der Waals surface area contributed by atoms with Crippen molar-refractivity contribution in [2.75, 3.05) is 32.8 Å². The molecule has 1 saturated carbocycles. The van der Waals surface area contributed by atoms with E-state index in [4.69, 9.17) is 19.2 Å². The molecule has 2 aromatic rings. The fourth-order valence-corrected chi connectivity index (χ4v) is 5.75. The molecular weight excluding hydrogens is 444 g/mol. The highest BCUT2D eigenvalue weighted by Crippen LogP contribution is 2.50. The molecule has 1 atom stereocenters. The largest absolute Gasteiger partial charge is 0.480 e. The Hall–Kier alpha value is -2.58. The van der Waals surface area contributed by atoms with E-state index in [0.717, 1.165) is 47.2 Å². The van der Waals surface area contributed by atoms with Crippen LogP contribution in [0.3, 0.4) is 0 Å². The van der Waals surface area contributed by atoms with Crippen molar-refractivity contribution in [3.8, 4) is 17.0 Å². The topological polar surface area (TPSA) is 77.8 Å². The van der Waals surface area contributed by atoms with Gasteiger partial charge >= 0.3 is 6.09 Å². The second kappa shape index (κ2) is 8.23. The van der Waals surface area contributed by atoms with Crippen LogP contribution in [0.5, 0.6) is 5.75 Å². The Bertz CT molecular complexity index is 1140. The molecule has 8 heteroatoms. The first-order chi connectivity index (χ1) is 16.7. The summed E-state index contributed by atoms with van der Waals surface area (Å²) < 4.78 is 21.0. The molecule has 2 saturated heterocycles. The van der Waals surface area contributed by atoms with E-state index in [1.165, 1.54) is 12.8 Å². The summed E-state index contributed by atoms with van der Waals surface area (Å²) in [4.78, 5) is 19.7. The van der Waals surface area contributed by atoms with E-state index < -0.39 is 5.60 Å². The van der Waals surface area contributed by atoms with Gasteiger partial charge in [-0.1, -0.05) is 6.07 Å². The minimum Gasteiger partial charge on any atom is -0.480 e. The first kappa shape index (κ1) is 22.9. The third-order valence-corrected chi connectivity index (χ3v) is 7.86. The number of hydrogen-bond acceptors (Lipinski definition) is 6. The minimum atomic E-state index is -0.541. The third kappa shape index (κ3) is 4.10. The van der Waals surface area contributed by atoms with E-state index in [2.05, 4.69) is 55.9 Å². The van der Waals surface area contributed by atoms with Gasteiger partial charge in [0.05, 0.1) is 23.6 Å². The number of benzene rings is 1. The summed E-state index contributed by atoms with van der Waals surface area (Å²) in [6.45, 7) is 9.57. The van der Waals surface area contributed by atoms with E-state index in [9.17, 15) is 4.79 Å². The second-order valence-electron chi connectivity index (χ2n) is 11.3. The number of aryl methyl sites for hydroxylation is 1. The molecule has 1 spiro atoms. The molecule has 6 rings (SSSR count). The van der Waals surface area contributed by atoms with Gasteiger partial charge in [-0.05, 0) is 57.2 Å². The van der Waals surface area contributed by atoms with Crippen LogP contribution < -0.4 is 10.1 Å². The molecule has 0 radical (unpaired) electrons. The van der Waals surface area contributed by atoms with Crippen molar-refractivity contribution < 1.29 is 19.0 Å². The van der Waals surface area contributed by atoms with Crippen molar-refractivity contribution in [1.82, 2.24) is 19.8 Å². The zero-order chi connectivity index (χ0) is 24.4. The van der Waals surface area contributed by atoms with Crippen molar-refractivity contribution in [1.29, 1.82) is 0 Å². The lowest BCUT2D eigenvalue weighted by atomic mass is 9.83. The molecular formula is C27H36N4O4. The predicted octanol–water partition coefficient (Wildman–Crippen LogP) is 4.07. The number of carbonyl (C=O) groups excluding carboxylic acids is 1. The number of hydrogen-bond donors (Lipinski definition) is 1. The first-order valence-electron chi connectivity index (χ1n) is 12.9. The number of carbonyl (C=O) groups is 1. The number of nitrogens with zero attached hydrogens (tertiary/aromatic N) is 3. The van der Waals surface area contributed by atoms with Crippen LogP contribution in [0.1, 0.15) is 62.7 Å². The number of amides is 1. The molecule has 1 aromatic carbocycles. The molecule has 188 valence electrons. The van der Waals surface area contributed by atoms with Gasteiger partial charge in [0.25, 0.3) is 0 Å². The van der Waals surface area contributed by atoms with Crippen LogP contribution >= 0.6 is 0 Å². The van der Waals surface area contributed by atoms with Gasteiger partial charge in [0.2, 0.25) is 0 Å². The van der Waals surface area contributed by atoms with E-state index >= 15 is 0 Å². The van der Waals surface area contributed by atoms with Gasteiger partial charge in [-0.15, -0.1) is 0 Å². The molecule has 0 bridgehead atoms. The number of fused-ring (bicyclic) bond motifs is 4. The average molecular weight is 481 g/mol. The molecule has 1 aliphatic carbocycles. The molecule has 4 heterocycles. The van der Waals surface area contributed by atoms with Gasteiger partial charge in [-0.25, -0.2) is 9.78 Å². The molecule has 3 aliphatic heterocycles. The van der Waals surface area contributed by atoms with E-state index in [-0.39, 0.29) is 17.8 Å². The van der Waals surface area contributed by atoms with Crippen molar-refractivity contribution in [2.24, 2.45) is 13.0 Å². The van der Waals surface area contributed by atoms with Crippen LogP contribution in [0, 0.1) is 12.8 Å². The maximum Gasteiger partial charge on any atom is 0.409 e. The number of likely N-dealkylation sites (tertiary alicyclic amines) is 1. The van der Waals surface area contributed by atoms with Crippen molar-refractivity contribution >= 4 is 6.09 Å². The zero-order valence-electron chi connectivity index (χ0n) is 21.2. The first-order valence-corrected chi connectivity index (χ1v) is 12.9. The molecule has 1 N–H and O–H groups in total. The lowest BCUT2D eigenvalue weighted by Crippen LogP contribution is -2.50. The fraction of sp³-hybridized carbons (Fsp3) is 0.630. The summed E-state index contributed by atoms with van der Waals surface area (Å²) in [5, 5.41) is 3.50. The normalized spacial score (nSPS) is 24.5. The Morgan fingerprint density at radius 2 is 2.03 bits per heavy atom. The lowest BCUT2D eigenvalue weighted by Gasteiger charge is -2.44. The Morgan fingerprint density at radius 1 is 1.26 bits per heavy atom. The Morgan fingerprint density at radius 3 is 2.74 bits per heavy atom. The van der Waals surface area contributed by atoms with Crippen LogP contribution in [0.4, 0.5) is 4.79 Å². The molecule has 3 fully saturated rings. The zero-order valence-corrected chi connectivity index (χ0v) is 21.2. The number of imidazole rings is 1. The number of nitrogens with one attached hydrogen (secondary N) is 1. The summed E-state index contributed by atoms with van der Waals surface area (Å²) >= 11 is 0. The third-order valence-electron chi connectivity index (χ3n) is 7.86. The monoisotopic (exact) mass is 480 g/mol. The van der Waals surface area contributed by atoms with Crippen LogP contribution in [0.15, 0.2) is 18.2 Å². The summed E-state index contributed by atoms with van der Waals surface area (Å²) in [5.41, 5.74) is 3.43. The highest BCUT2D eigenvalue weighted by Gasteiger charge is 2.48. The van der Waals surface area contributed by atoms with Gasteiger partial charge in [0.15, 0.2) is 5.60 Å². The van der Waals surface area contributed by atoms with Crippen molar-refractivity contribution in [3.63, 3.8) is 0 Å². The highest BCUT2D eigenvalue weighted by atomic mass is 16.6. The fourth-order valence-electron chi connectivity index (χ4n) is 5.75. The van der Waals surface area contributed by atoms with Gasteiger partial charge in [-0.3, -0.25) is 0 Å². The molecule has 1 aromatic heterocycles. The standard InChI is InChI=1S/C27H36N4O4/c1-17-5-8-19-20(13-17)35-27(9-11-31(12-10-27)25(32)33-15-18-6-7-18)23-22(19)29-24(30(23)4)21-14-28-16-26(2,3)34-21/h5,8,13,18,21,28H,6-7,9-12,14-16H2,1-4H3. The summed E-state index contributed by atoms with van der Waals surface area (Å²) in [6.07, 6.45) is 3.39. The quantitative estimate of drug-likeness (QED) is 0.714. The maximum atomic E-state index is 12.7. The molecule has 8 nitrogen and oxygen atoms in total. The summed E-state index contributed by atoms with van der Waals surface area (Å²) in [6, 6.07) is 6.33. The van der Waals surface area contributed by atoms with Crippen molar-refractivity contribution in [3.05, 3.63) is 35.3 Å². The van der Waals surface area contributed by atoms with Gasteiger partial charge in [0.1, 0.15) is 17.7 Å². The smallest absolute Gasteiger partial charge is 0.409 e. The lowest BCUT2D eigenvalue weighted by molar-refractivity contribution is -0.100. The summed E-state index contributed by atoms with van der Waals surface area (Å²) in [7, 11) is 2.08. The van der Waals surface area contributed by atoms with E-state index in [1.54, 1.807) is 0 Å². The van der Waals surface area contributed by atoms with Crippen LogP contribution in [-0.4, -0.2) is 58.9 Å². The Balaban J connectivity index is 1.34. The number of ether oxygens (including phenoxy) is 3. The molecule has 4 aliphatic rings. The van der Waals surface area contributed by atoms with Crippen LogP contribution in [-0.2, 0) is 22.1 Å². The second-order valence-corrected chi connectivity index (χ2v) is 11.3.